The molecule has 0 aliphatic rings. The summed E-state index contributed by atoms with van der Waals surface area (Å²) in [5.74, 6) is -0.382. The molecule has 0 aromatic heterocycles. The summed E-state index contributed by atoms with van der Waals surface area (Å²) in [6.07, 6.45) is -0.702. The van der Waals surface area contributed by atoms with Gasteiger partial charge in [-0.15, -0.1) is 0 Å². The molecule has 2 N–H and O–H groups in total. The molecule has 4 nitrogen and oxygen atoms in total. The molecule has 0 fully saturated rings. The van der Waals surface area contributed by atoms with Crippen molar-refractivity contribution in [3.8, 4) is 5.75 Å². The van der Waals surface area contributed by atoms with Crippen LogP contribution in [0.25, 0.3) is 0 Å². The van der Waals surface area contributed by atoms with E-state index in [4.69, 9.17) is 14.6 Å². The molecular weight excluding hydrogens is 227 g/mol. The highest BCUT2D eigenvalue weighted by Crippen LogP contribution is 2.21. The van der Waals surface area contributed by atoms with Gasteiger partial charge in [-0.25, -0.2) is 4.39 Å². The van der Waals surface area contributed by atoms with Crippen LogP contribution in [-0.2, 0) is 4.74 Å². The Morgan fingerprint density at radius 3 is 2.65 bits per heavy atom. The third kappa shape index (κ3) is 4.68. The van der Waals surface area contributed by atoms with E-state index in [1.54, 1.807) is 13.0 Å². The molecule has 1 rings (SSSR count). The monoisotopic (exact) mass is 244 g/mol. The van der Waals surface area contributed by atoms with Gasteiger partial charge in [0.2, 0.25) is 0 Å². The quantitative estimate of drug-likeness (QED) is 0.709. The Hall–Kier alpha value is -1.17. The van der Waals surface area contributed by atoms with Crippen molar-refractivity contribution in [3.05, 3.63) is 29.6 Å². The SMILES string of the molecule is CC(O)c1ccc(OCCOCCO)c(F)c1. The van der Waals surface area contributed by atoms with Crippen LogP contribution >= 0.6 is 0 Å². The number of aliphatic hydroxyl groups is 2. The topological polar surface area (TPSA) is 58.9 Å². The average Bonchev–Trinajstić information content (AvgIpc) is 2.30. The van der Waals surface area contributed by atoms with Gasteiger partial charge in [-0.1, -0.05) is 6.07 Å². The number of hydrogen-bond acceptors (Lipinski definition) is 4. The van der Waals surface area contributed by atoms with Crippen molar-refractivity contribution in [2.24, 2.45) is 0 Å². The summed E-state index contributed by atoms with van der Waals surface area (Å²) < 4.78 is 23.6. The standard InChI is InChI=1S/C12H17FO4/c1-9(15)10-2-3-12(11(13)8-10)17-7-6-16-5-4-14/h2-3,8-9,14-15H,4-7H2,1H3. The smallest absolute Gasteiger partial charge is 0.165 e. The van der Waals surface area contributed by atoms with Gasteiger partial charge in [0, 0.05) is 0 Å². The first kappa shape index (κ1) is 13.9. The maximum atomic E-state index is 13.5. The van der Waals surface area contributed by atoms with Gasteiger partial charge in [0.1, 0.15) is 6.61 Å². The Labute approximate surface area is 99.6 Å². The van der Waals surface area contributed by atoms with E-state index >= 15 is 0 Å². The van der Waals surface area contributed by atoms with Crippen LogP contribution in [0.1, 0.15) is 18.6 Å². The predicted molar refractivity (Wildman–Crippen MR) is 60.4 cm³/mol. The summed E-state index contributed by atoms with van der Waals surface area (Å²) in [4.78, 5) is 0. The van der Waals surface area contributed by atoms with Gasteiger partial charge < -0.3 is 19.7 Å². The maximum Gasteiger partial charge on any atom is 0.165 e. The molecule has 0 radical (unpaired) electrons. The normalized spacial score (nSPS) is 12.5. The summed E-state index contributed by atoms with van der Waals surface area (Å²) in [5.41, 5.74) is 0.506. The molecule has 0 heterocycles. The molecule has 0 bridgehead atoms. The van der Waals surface area contributed by atoms with Crippen molar-refractivity contribution in [1.82, 2.24) is 0 Å². The Bertz CT molecular complexity index is 341. The average molecular weight is 244 g/mol. The molecule has 1 aromatic rings. The van der Waals surface area contributed by atoms with E-state index in [0.717, 1.165) is 0 Å². The third-order valence-corrected chi connectivity index (χ3v) is 2.16. The molecule has 1 aromatic carbocycles. The number of aliphatic hydroxyl groups excluding tert-OH is 2. The van der Waals surface area contributed by atoms with Crippen LogP contribution in [0.3, 0.4) is 0 Å². The van der Waals surface area contributed by atoms with Crippen LogP contribution in [0, 0.1) is 5.82 Å². The number of ether oxygens (including phenoxy) is 2. The first-order valence-electron chi connectivity index (χ1n) is 5.44. The van der Waals surface area contributed by atoms with Crippen LogP contribution < -0.4 is 4.74 Å². The number of rotatable bonds is 7. The predicted octanol–water partition coefficient (Wildman–Crippen LogP) is 1.27. The van der Waals surface area contributed by atoms with Crippen LogP contribution in [0.2, 0.25) is 0 Å². The second-order valence-corrected chi connectivity index (χ2v) is 3.55. The molecule has 0 aliphatic carbocycles. The fourth-order valence-electron chi connectivity index (χ4n) is 1.27. The summed E-state index contributed by atoms with van der Waals surface area (Å²) in [6, 6.07) is 4.33. The van der Waals surface area contributed by atoms with Gasteiger partial charge in [-0.2, -0.15) is 0 Å². The minimum atomic E-state index is -0.702. The molecule has 96 valence electrons. The Balaban J connectivity index is 2.43. The van der Waals surface area contributed by atoms with Crippen molar-refractivity contribution in [2.75, 3.05) is 26.4 Å². The lowest BCUT2D eigenvalue weighted by atomic mass is 10.1. The van der Waals surface area contributed by atoms with E-state index in [-0.39, 0.29) is 32.2 Å². The Kier molecular flexibility index (Phi) is 5.90. The minimum Gasteiger partial charge on any atom is -0.488 e. The molecule has 1 atom stereocenters. The molecular formula is C12H17FO4. The number of halogens is 1. The highest BCUT2D eigenvalue weighted by Gasteiger charge is 2.07. The molecule has 0 aliphatic heterocycles. The molecule has 0 spiro atoms. The van der Waals surface area contributed by atoms with Gasteiger partial charge in [0.15, 0.2) is 11.6 Å². The van der Waals surface area contributed by atoms with Crippen LogP contribution in [0.15, 0.2) is 18.2 Å². The lowest BCUT2D eigenvalue weighted by Crippen LogP contribution is -2.10. The van der Waals surface area contributed by atoms with Crippen molar-refractivity contribution in [3.63, 3.8) is 0 Å². The van der Waals surface area contributed by atoms with Crippen LogP contribution in [0.4, 0.5) is 4.39 Å². The summed E-state index contributed by atoms with van der Waals surface area (Å²) in [7, 11) is 0. The fourth-order valence-corrected chi connectivity index (χ4v) is 1.27. The molecule has 0 amide bonds. The van der Waals surface area contributed by atoms with Crippen molar-refractivity contribution >= 4 is 0 Å². The van der Waals surface area contributed by atoms with Gasteiger partial charge in [0.05, 0.1) is 25.9 Å². The van der Waals surface area contributed by atoms with E-state index in [0.29, 0.717) is 5.56 Å². The van der Waals surface area contributed by atoms with E-state index < -0.39 is 11.9 Å². The van der Waals surface area contributed by atoms with Crippen molar-refractivity contribution in [2.45, 2.75) is 13.0 Å². The van der Waals surface area contributed by atoms with E-state index in [2.05, 4.69) is 0 Å². The molecule has 5 heteroatoms. The lowest BCUT2D eigenvalue weighted by molar-refractivity contribution is 0.0696. The van der Waals surface area contributed by atoms with Gasteiger partial charge in [0.25, 0.3) is 0 Å². The molecule has 17 heavy (non-hydrogen) atoms. The zero-order valence-corrected chi connectivity index (χ0v) is 9.73. The van der Waals surface area contributed by atoms with Gasteiger partial charge in [-0.05, 0) is 24.6 Å². The van der Waals surface area contributed by atoms with Crippen molar-refractivity contribution < 1.29 is 24.1 Å². The highest BCUT2D eigenvalue weighted by atomic mass is 19.1. The largest absolute Gasteiger partial charge is 0.488 e. The lowest BCUT2D eigenvalue weighted by Gasteiger charge is -2.10. The molecule has 0 saturated heterocycles. The third-order valence-electron chi connectivity index (χ3n) is 2.16. The van der Waals surface area contributed by atoms with Gasteiger partial charge >= 0.3 is 0 Å². The minimum absolute atomic E-state index is 0.0442. The first-order chi connectivity index (χ1) is 8.15. The number of benzene rings is 1. The Morgan fingerprint density at radius 1 is 1.29 bits per heavy atom. The summed E-state index contributed by atoms with van der Waals surface area (Å²) in [6.45, 7) is 2.27. The number of hydrogen-bond donors (Lipinski definition) is 2. The van der Waals surface area contributed by atoms with Crippen LogP contribution in [0.5, 0.6) is 5.75 Å². The zero-order chi connectivity index (χ0) is 12.7. The highest BCUT2D eigenvalue weighted by molar-refractivity contribution is 5.30. The summed E-state index contributed by atoms with van der Waals surface area (Å²) >= 11 is 0. The van der Waals surface area contributed by atoms with E-state index in [9.17, 15) is 9.50 Å². The fraction of sp³-hybridized carbons (Fsp3) is 0.500. The van der Waals surface area contributed by atoms with Crippen molar-refractivity contribution in [1.29, 1.82) is 0 Å². The maximum absolute atomic E-state index is 13.5. The molecule has 1 unspecified atom stereocenters. The summed E-state index contributed by atoms with van der Waals surface area (Å²) in [5, 5.41) is 17.7. The second kappa shape index (κ2) is 7.21. The zero-order valence-electron chi connectivity index (χ0n) is 9.73. The van der Waals surface area contributed by atoms with Crippen LogP contribution in [-0.4, -0.2) is 36.6 Å². The van der Waals surface area contributed by atoms with E-state index in [1.807, 2.05) is 0 Å². The Morgan fingerprint density at radius 2 is 2.06 bits per heavy atom. The van der Waals surface area contributed by atoms with E-state index in [1.165, 1.54) is 12.1 Å². The first-order valence-corrected chi connectivity index (χ1v) is 5.44. The second-order valence-electron chi connectivity index (χ2n) is 3.55. The van der Waals surface area contributed by atoms with Gasteiger partial charge in [-0.3, -0.25) is 0 Å². The molecule has 0 saturated carbocycles.